The number of fused-ring (bicyclic) bond motifs is 1. The zero-order valence-electron chi connectivity index (χ0n) is 13.8. The van der Waals surface area contributed by atoms with Gasteiger partial charge in [0, 0.05) is 17.8 Å². The molecule has 4 heteroatoms. The van der Waals surface area contributed by atoms with Crippen molar-refractivity contribution in [2.45, 2.75) is 45.2 Å². The molecule has 1 saturated heterocycles. The summed E-state index contributed by atoms with van der Waals surface area (Å²) in [5.74, 6) is 0.117. The lowest BCUT2D eigenvalue weighted by Gasteiger charge is -2.23. The van der Waals surface area contributed by atoms with E-state index in [1.165, 1.54) is 25.9 Å². The van der Waals surface area contributed by atoms with Gasteiger partial charge in [0.15, 0.2) is 0 Å². The smallest absolute Gasteiger partial charge is 0.220 e. The maximum atomic E-state index is 12.0. The van der Waals surface area contributed by atoms with E-state index in [0.29, 0.717) is 19.0 Å². The van der Waals surface area contributed by atoms with Gasteiger partial charge in [-0.3, -0.25) is 9.78 Å². The van der Waals surface area contributed by atoms with Crippen LogP contribution in [0.3, 0.4) is 0 Å². The minimum absolute atomic E-state index is 0.117. The van der Waals surface area contributed by atoms with Crippen LogP contribution in [0.15, 0.2) is 36.4 Å². The normalized spacial score (nSPS) is 16.6. The molecule has 1 aliphatic heterocycles. The maximum absolute atomic E-state index is 12.0. The number of rotatable bonds is 6. The first kappa shape index (κ1) is 15.9. The Morgan fingerprint density at radius 3 is 2.83 bits per heavy atom. The molecule has 0 saturated carbocycles. The number of hydrogen-bond acceptors (Lipinski definition) is 3. The number of pyridine rings is 1. The van der Waals surface area contributed by atoms with Crippen molar-refractivity contribution in [3.05, 3.63) is 42.1 Å². The van der Waals surface area contributed by atoms with Crippen molar-refractivity contribution < 1.29 is 4.79 Å². The molecule has 23 heavy (non-hydrogen) atoms. The molecule has 2 aromatic rings. The topological polar surface area (TPSA) is 45.2 Å². The van der Waals surface area contributed by atoms with Gasteiger partial charge in [0.05, 0.1) is 17.8 Å². The van der Waals surface area contributed by atoms with Crippen LogP contribution in [-0.4, -0.2) is 34.9 Å². The molecule has 2 heterocycles. The zero-order chi connectivity index (χ0) is 16.1. The number of carbonyl (C=O) groups is 1. The second kappa shape index (κ2) is 7.55. The molecule has 0 unspecified atom stereocenters. The quantitative estimate of drug-likeness (QED) is 0.891. The van der Waals surface area contributed by atoms with Gasteiger partial charge in [-0.05, 0) is 51.4 Å². The molecule has 1 atom stereocenters. The van der Waals surface area contributed by atoms with Gasteiger partial charge in [0.25, 0.3) is 0 Å². The molecule has 4 nitrogen and oxygen atoms in total. The van der Waals surface area contributed by atoms with Crippen molar-refractivity contribution in [3.63, 3.8) is 0 Å². The molecular weight excluding hydrogens is 286 g/mol. The monoisotopic (exact) mass is 311 g/mol. The highest BCUT2D eigenvalue weighted by molar-refractivity contribution is 5.78. The standard InChI is InChI=1S/C19H25N3O/c1-15(22-12-4-5-13-22)8-11-19(23)20-14-17-10-9-16-6-2-3-7-18(16)21-17/h2-3,6-7,9-10,15H,4-5,8,11-14H2,1H3,(H,20,23)/t15-/m0/s1. The first-order chi connectivity index (χ1) is 11.2. The van der Waals surface area contributed by atoms with E-state index < -0.39 is 0 Å². The molecule has 0 bridgehead atoms. The summed E-state index contributed by atoms with van der Waals surface area (Å²) in [6.07, 6.45) is 4.11. The van der Waals surface area contributed by atoms with Crippen LogP contribution in [0, 0.1) is 0 Å². The van der Waals surface area contributed by atoms with Gasteiger partial charge < -0.3 is 10.2 Å². The van der Waals surface area contributed by atoms with Crippen molar-refractivity contribution in [1.82, 2.24) is 15.2 Å². The summed E-state index contributed by atoms with van der Waals surface area (Å²) in [5, 5.41) is 4.12. The van der Waals surface area contributed by atoms with E-state index in [1.807, 2.05) is 30.3 Å². The van der Waals surface area contributed by atoms with E-state index in [0.717, 1.165) is 23.0 Å². The van der Waals surface area contributed by atoms with Gasteiger partial charge in [-0.1, -0.05) is 24.3 Å². The summed E-state index contributed by atoms with van der Waals surface area (Å²) in [6.45, 7) is 5.10. The molecular formula is C19H25N3O. The van der Waals surface area contributed by atoms with Crippen LogP contribution in [0.2, 0.25) is 0 Å². The van der Waals surface area contributed by atoms with Crippen LogP contribution >= 0.6 is 0 Å². The summed E-state index contributed by atoms with van der Waals surface area (Å²) in [6, 6.07) is 12.6. The second-order valence-corrected chi connectivity index (χ2v) is 6.40. The lowest BCUT2D eigenvalue weighted by Crippen LogP contribution is -2.32. The van der Waals surface area contributed by atoms with Crippen LogP contribution in [0.25, 0.3) is 10.9 Å². The van der Waals surface area contributed by atoms with E-state index in [9.17, 15) is 4.79 Å². The molecule has 1 aromatic carbocycles. The molecule has 0 aliphatic carbocycles. The Labute approximate surface area is 137 Å². The molecule has 3 rings (SSSR count). The van der Waals surface area contributed by atoms with Crippen LogP contribution in [0.5, 0.6) is 0 Å². The van der Waals surface area contributed by atoms with E-state index >= 15 is 0 Å². The Morgan fingerprint density at radius 2 is 2.00 bits per heavy atom. The van der Waals surface area contributed by atoms with E-state index in [2.05, 4.69) is 28.2 Å². The number of benzene rings is 1. The van der Waals surface area contributed by atoms with Crippen LogP contribution < -0.4 is 5.32 Å². The predicted octanol–water partition coefficient (Wildman–Crippen LogP) is 3.12. The van der Waals surface area contributed by atoms with Crippen molar-refractivity contribution in [2.24, 2.45) is 0 Å². The molecule has 0 spiro atoms. The van der Waals surface area contributed by atoms with Gasteiger partial charge >= 0.3 is 0 Å². The fraction of sp³-hybridized carbons (Fsp3) is 0.474. The van der Waals surface area contributed by atoms with Gasteiger partial charge in [-0.2, -0.15) is 0 Å². The number of likely N-dealkylation sites (tertiary alicyclic amines) is 1. The minimum Gasteiger partial charge on any atom is -0.350 e. The largest absolute Gasteiger partial charge is 0.350 e. The van der Waals surface area contributed by atoms with Crippen molar-refractivity contribution in [1.29, 1.82) is 0 Å². The number of carbonyl (C=O) groups excluding carboxylic acids is 1. The highest BCUT2D eigenvalue weighted by Gasteiger charge is 2.18. The van der Waals surface area contributed by atoms with Crippen molar-refractivity contribution in [2.75, 3.05) is 13.1 Å². The molecule has 1 aliphatic rings. The van der Waals surface area contributed by atoms with Crippen molar-refractivity contribution >= 4 is 16.8 Å². The van der Waals surface area contributed by atoms with Crippen molar-refractivity contribution in [3.8, 4) is 0 Å². The Balaban J connectivity index is 1.46. The lowest BCUT2D eigenvalue weighted by molar-refractivity contribution is -0.121. The lowest BCUT2D eigenvalue weighted by atomic mass is 10.1. The number of nitrogens with zero attached hydrogens (tertiary/aromatic N) is 2. The number of aromatic nitrogens is 1. The van der Waals surface area contributed by atoms with Gasteiger partial charge in [-0.25, -0.2) is 0 Å². The van der Waals surface area contributed by atoms with E-state index in [4.69, 9.17) is 0 Å². The Morgan fingerprint density at radius 1 is 1.22 bits per heavy atom. The average molecular weight is 311 g/mol. The first-order valence-corrected chi connectivity index (χ1v) is 8.58. The summed E-state index contributed by atoms with van der Waals surface area (Å²) >= 11 is 0. The first-order valence-electron chi connectivity index (χ1n) is 8.58. The molecule has 1 aromatic heterocycles. The Kier molecular flexibility index (Phi) is 5.23. The van der Waals surface area contributed by atoms with Gasteiger partial charge in [-0.15, -0.1) is 0 Å². The van der Waals surface area contributed by atoms with Crippen LogP contribution in [-0.2, 0) is 11.3 Å². The maximum Gasteiger partial charge on any atom is 0.220 e. The summed E-state index contributed by atoms with van der Waals surface area (Å²) in [7, 11) is 0. The highest BCUT2D eigenvalue weighted by atomic mass is 16.1. The molecule has 0 radical (unpaired) electrons. The van der Waals surface area contributed by atoms with Gasteiger partial charge in [0.1, 0.15) is 0 Å². The third-order valence-electron chi connectivity index (χ3n) is 4.68. The van der Waals surface area contributed by atoms with Crippen LogP contribution in [0.4, 0.5) is 0 Å². The summed E-state index contributed by atoms with van der Waals surface area (Å²) in [5.41, 5.74) is 1.88. The van der Waals surface area contributed by atoms with E-state index in [-0.39, 0.29) is 5.91 Å². The highest BCUT2D eigenvalue weighted by Crippen LogP contribution is 2.15. The third-order valence-corrected chi connectivity index (χ3v) is 4.68. The molecule has 1 N–H and O–H groups in total. The minimum atomic E-state index is 0.117. The molecule has 1 fully saturated rings. The predicted molar refractivity (Wildman–Crippen MR) is 93.1 cm³/mol. The number of para-hydroxylation sites is 1. The zero-order valence-corrected chi connectivity index (χ0v) is 13.8. The second-order valence-electron chi connectivity index (χ2n) is 6.40. The van der Waals surface area contributed by atoms with E-state index in [1.54, 1.807) is 0 Å². The van der Waals surface area contributed by atoms with Gasteiger partial charge in [0.2, 0.25) is 5.91 Å². The third kappa shape index (κ3) is 4.29. The fourth-order valence-corrected chi connectivity index (χ4v) is 3.19. The number of nitrogens with one attached hydrogen (secondary N) is 1. The summed E-state index contributed by atoms with van der Waals surface area (Å²) < 4.78 is 0. The Bertz CT molecular complexity index is 664. The molecule has 122 valence electrons. The Hall–Kier alpha value is -1.94. The molecule has 1 amide bonds. The fourth-order valence-electron chi connectivity index (χ4n) is 3.19. The SMILES string of the molecule is C[C@@H](CCC(=O)NCc1ccc2ccccc2n1)N1CCCC1. The summed E-state index contributed by atoms with van der Waals surface area (Å²) in [4.78, 5) is 19.1. The number of amides is 1. The van der Waals surface area contributed by atoms with Crippen LogP contribution in [0.1, 0.15) is 38.3 Å². The number of hydrogen-bond donors (Lipinski definition) is 1. The average Bonchev–Trinajstić information content (AvgIpc) is 3.12.